The van der Waals surface area contributed by atoms with Gasteiger partial charge in [-0.15, -0.1) is 0 Å². The smallest absolute Gasteiger partial charge is 0.226 e. The van der Waals surface area contributed by atoms with Gasteiger partial charge in [-0.1, -0.05) is 15.9 Å². The number of aliphatic imine (C=N–C) groups is 1. The minimum absolute atomic E-state index is 0.0314. The largest absolute Gasteiger partial charge is 0.356 e. The van der Waals surface area contributed by atoms with Gasteiger partial charge >= 0.3 is 0 Å². The molecule has 3 N–H and O–H groups in total. The Labute approximate surface area is 134 Å². The molecule has 1 amide bonds. The van der Waals surface area contributed by atoms with E-state index >= 15 is 0 Å². The van der Waals surface area contributed by atoms with Gasteiger partial charge in [0, 0.05) is 35.7 Å². The van der Waals surface area contributed by atoms with Gasteiger partial charge in [0.2, 0.25) is 5.91 Å². The molecule has 0 unspecified atom stereocenters. The van der Waals surface area contributed by atoms with Crippen LogP contribution >= 0.6 is 15.9 Å². The number of amides is 1. The molecular formula is C15H23BrN4O. The first-order chi connectivity index (χ1) is 9.80. The quantitative estimate of drug-likeness (QED) is 0.575. The summed E-state index contributed by atoms with van der Waals surface area (Å²) >= 11 is 3.36. The fraction of sp³-hybridized carbons (Fsp3) is 0.467. The van der Waals surface area contributed by atoms with Crippen molar-refractivity contribution in [3.63, 3.8) is 0 Å². The number of rotatable bonds is 4. The fourth-order valence-corrected chi connectivity index (χ4v) is 1.85. The Balaban J connectivity index is 2.34. The standard InChI is InChI=1S/C15H23BrN4O/c1-15(2,3)20-14(17-4)18-10-9-13(21)19-12-7-5-11(16)6-8-12/h5-8H,9-10H2,1-4H3,(H,19,21)(H2,17,18,20). The van der Waals surface area contributed by atoms with Gasteiger partial charge in [-0.3, -0.25) is 9.79 Å². The van der Waals surface area contributed by atoms with Crippen molar-refractivity contribution in [3.8, 4) is 0 Å². The Kier molecular flexibility index (Phi) is 6.68. The van der Waals surface area contributed by atoms with Crippen molar-refractivity contribution >= 4 is 33.5 Å². The van der Waals surface area contributed by atoms with Gasteiger partial charge in [0.1, 0.15) is 0 Å². The van der Waals surface area contributed by atoms with Crippen LogP contribution in [0, 0.1) is 0 Å². The first-order valence-electron chi connectivity index (χ1n) is 6.84. The minimum Gasteiger partial charge on any atom is -0.356 e. The number of hydrogen-bond donors (Lipinski definition) is 3. The topological polar surface area (TPSA) is 65.5 Å². The number of carbonyl (C=O) groups is 1. The van der Waals surface area contributed by atoms with Crippen molar-refractivity contribution in [1.29, 1.82) is 0 Å². The van der Waals surface area contributed by atoms with Crippen molar-refractivity contribution in [1.82, 2.24) is 10.6 Å². The number of halogens is 1. The van der Waals surface area contributed by atoms with Crippen LogP contribution in [0.2, 0.25) is 0 Å². The lowest BCUT2D eigenvalue weighted by molar-refractivity contribution is -0.116. The first kappa shape index (κ1) is 17.5. The van der Waals surface area contributed by atoms with E-state index in [0.29, 0.717) is 18.9 Å². The Morgan fingerprint density at radius 3 is 2.38 bits per heavy atom. The molecule has 21 heavy (non-hydrogen) atoms. The first-order valence-corrected chi connectivity index (χ1v) is 7.64. The molecule has 0 aromatic heterocycles. The van der Waals surface area contributed by atoms with Crippen LogP contribution in [0.3, 0.4) is 0 Å². The molecule has 0 fully saturated rings. The molecular weight excluding hydrogens is 332 g/mol. The molecule has 1 aromatic carbocycles. The van der Waals surface area contributed by atoms with E-state index in [1.165, 1.54) is 0 Å². The van der Waals surface area contributed by atoms with Crippen LogP contribution in [0.25, 0.3) is 0 Å². The minimum atomic E-state index is -0.0679. The predicted molar refractivity (Wildman–Crippen MR) is 91.6 cm³/mol. The third-order valence-electron chi connectivity index (χ3n) is 2.49. The average Bonchev–Trinajstić information content (AvgIpc) is 2.39. The maximum atomic E-state index is 11.8. The number of anilines is 1. The fourth-order valence-electron chi connectivity index (χ4n) is 1.59. The predicted octanol–water partition coefficient (Wildman–Crippen LogP) is 2.74. The van der Waals surface area contributed by atoms with Crippen molar-refractivity contribution in [2.45, 2.75) is 32.7 Å². The summed E-state index contributed by atoms with van der Waals surface area (Å²) in [6, 6.07) is 7.50. The number of guanidine groups is 1. The monoisotopic (exact) mass is 354 g/mol. The summed E-state index contributed by atoms with van der Waals surface area (Å²) < 4.78 is 0.985. The third-order valence-corrected chi connectivity index (χ3v) is 3.02. The molecule has 0 heterocycles. The molecule has 0 radical (unpaired) electrons. The molecule has 0 saturated heterocycles. The molecule has 0 saturated carbocycles. The molecule has 6 heteroatoms. The number of nitrogens with one attached hydrogen (secondary N) is 3. The Morgan fingerprint density at radius 1 is 1.24 bits per heavy atom. The summed E-state index contributed by atoms with van der Waals surface area (Å²) in [5.41, 5.74) is 0.724. The van der Waals surface area contributed by atoms with Crippen LogP contribution in [0.4, 0.5) is 5.69 Å². The zero-order valence-corrected chi connectivity index (χ0v) is 14.5. The van der Waals surface area contributed by atoms with Gasteiger partial charge in [0.05, 0.1) is 0 Å². The van der Waals surface area contributed by atoms with Crippen LogP contribution < -0.4 is 16.0 Å². The second-order valence-electron chi connectivity index (χ2n) is 5.68. The maximum Gasteiger partial charge on any atom is 0.226 e. The molecule has 0 aliphatic rings. The van der Waals surface area contributed by atoms with E-state index < -0.39 is 0 Å². The van der Waals surface area contributed by atoms with E-state index in [4.69, 9.17) is 0 Å². The second kappa shape index (κ2) is 8.02. The van der Waals surface area contributed by atoms with Crippen molar-refractivity contribution < 1.29 is 4.79 Å². The molecule has 1 rings (SSSR count). The summed E-state index contributed by atoms with van der Waals surface area (Å²) in [7, 11) is 1.71. The van der Waals surface area contributed by atoms with Gasteiger partial charge in [-0.2, -0.15) is 0 Å². The molecule has 0 atom stereocenters. The van der Waals surface area contributed by atoms with Crippen LogP contribution in [0.1, 0.15) is 27.2 Å². The van der Waals surface area contributed by atoms with Crippen LogP contribution in [-0.4, -0.2) is 31.0 Å². The Bertz CT molecular complexity index is 491. The number of hydrogen-bond acceptors (Lipinski definition) is 2. The lowest BCUT2D eigenvalue weighted by atomic mass is 10.1. The average molecular weight is 355 g/mol. The van der Waals surface area contributed by atoms with E-state index in [1.54, 1.807) is 7.05 Å². The zero-order chi connectivity index (χ0) is 15.9. The van der Waals surface area contributed by atoms with E-state index in [9.17, 15) is 4.79 Å². The highest BCUT2D eigenvalue weighted by atomic mass is 79.9. The molecule has 5 nitrogen and oxygen atoms in total. The zero-order valence-electron chi connectivity index (χ0n) is 13.0. The lowest BCUT2D eigenvalue weighted by Gasteiger charge is -2.23. The molecule has 0 spiro atoms. The molecule has 1 aromatic rings. The van der Waals surface area contributed by atoms with Gasteiger partial charge in [0.25, 0.3) is 0 Å². The Morgan fingerprint density at radius 2 is 1.86 bits per heavy atom. The summed E-state index contributed by atoms with van der Waals surface area (Å²) in [5.74, 6) is 0.662. The van der Waals surface area contributed by atoms with Crippen molar-refractivity contribution in [2.75, 3.05) is 18.9 Å². The maximum absolute atomic E-state index is 11.8. The van der Waals surface area contributed by atoms with E-state index in [2.05, 4.69) is 57.6 Å². The van der Waals surface area contributed by atoms with Gasteiger partial charge in [-0.25, -0.2) is 0 Å². The highest BCUT2D eigenvalue weighted by Crippen LogP contribution is 2.14. The molecule has 0 aliphatic carbocycles. The van der Waals surface area contributed by atoms with Crippen LogP contribution in [0.15, 0.2) is 33.7 Å². The Hall–Kier alpha value is -1.56. The van der Waals surface area contributed by atoms with Crippen LogP contribution in [-0.2, 0) is 4.79 Å². The number of carbonyl (C=O) groups excluding carboxylic acids is 1. The summed E-state index contributed by atoms with van der Waals surface area (Å²) in [6.07, 6.45) is 0.376. The summed E-state index contributed by atoms with van der Waals surface area (Å²) in [5, 5.41) is 9.21. The van der Waals surface area contributed by atoms with E-state index in [1.807, 2.05) is 24.3 Å². The highest BCUT2D eigenvalue weighted by Gasteiger charge is 2.11. The summed E-state index contributed by atoms with van der Waals surface area (Å²) in [6.45, 7) is 6.69. The SMILES string of the molecule is CN=C(NCCC(=O)Nc1ccc(Br)cc1)NC(C)(C)C. The molecule has 116 valence electrons. The highest BCUT2D eigenvalue weighted by molar-refractivity contribution is 9.10. The van der Waals surface area contributed by atoms with E-state index in [-0.39, 0.29) is 11.4 Å². The van der Waals surface area contributed by atoms with Gasteiger partial charge in [-0.05, 0) is 45.0 Å². The normalized spacial score (nSPS) is 12.0. The number of nitrogens with zero attached hydrogens (tertiary/aromatic N) is 1. The van der Waals surface area contributed by atoms with Gasteiger partial charge < -0.3 is 16.0 Å². The molecule has 0 bridgehead atoms. The van der Waals surface area contributed by atoms with Crippen molar-refractivity contribution in [3.05, 3.63) is 28.7 Å². The third kappa shape index (κ3) is 7.70. The lowest BCUT2D eigenvalue weighted by Crippen LogP contribution is -2.48. The number of benzene rings is 1. The van der Waals surface area contributed by atoms with Gasteiger partial charge in [0.15, 0.2) is 5.96 Å². The van der Waals surface area contributed by atoms with Crippen LogP contribution in [0.5, 0.6) is 0 Å². The van der Waals surface area contributed by atoms with Crippen molar-refractivity contribution in [2.24, 2.45) is 4.99 Å². The second-order valence-corrected chi connectivity index (χ2v) is 6.59. The van der Waals surface area contributed by atoms with E-state index in [0.717, 1.165) is 10.2 Å². The summed E-state index contributed by atoms with van der Waals surface area (Å²) in [4.78, 5) is 16.0. The molecule has 0 aliphatic heterocycles.